The van der Waals surface area contributed by atoms with Crippen molar-refractivity contribution in [2.75, 3.05) is 12.3 Å². The molecule has 0 aromatic carbocycles. The zero-order valence-corrected chi connectivity index (χ0v) is 18.3. The number of fused-ring (bicyclic) bond motifs is 1. The Kier molecular flexibility index (Phi) is 5.81. The minimum atomic E-state index is -4.51. The van der Waals surface area contributed by atoms with Crippen molar-refractivity contribution in [1.82, 2.24) is 19.6 Å². The van der Waals surface area contributed by atoms with Gasteiger partial charge in [0.2, 0.25) is 0 Å². The highest BCUT2D eigenvalue weighted by molar-refractivity contribution is 7.50. The highest BCUT2D eigenvalue weighted by Gasteiger charge is 2.83. The molecule has 13 nitrogen and oxygen atoms in total. The Hall–Kier alpha value is -2.45. The molecule has 15 heteroatoms. The first-order valence-corrected chi connectivity index (χ1v) is 11.4. The number of aliphatic hydroxyl groups excluding tert-OH is 2. The molecule has 1 aliphatic heterocycles. The van der Waals surface area contributed by atoms with Crippen molar-refractivity contribution in [3.63, 3.8) is 0 Å². The van der Waals surface area contributed by atoms with E-state index in [4.69, 9.17) is 15.0 Å². The molecule has 5 unspecified atom stereocenters. The number of anilines is 1. The molecule has 2 aliphatic rings. The van der Waals surface area contributed by atoms with Crippen LogP contribution in [0, 0.1) is 6.92 Å². The fourth-order valence-corrected chi connectivity index (χ4v) is 4.76. The van der Waals surface area contributed by atoms with Crippen LogP contribution in [0.1, 0.15) is 23.2 Å². The third kappa shape index (κ3) is 3.93. The Labute approximate surface area is 186 Å². The van der Waals surface area contributed by atoms with Crippen molar-refractivity contribution in [1.29, 1.82) is 0 Å². The monoisotopic (exact) mass is 487 g/mol. The zero-order chi connectivity index (χ0) is 24.2. The van der Waals surface area contributed by atoms with Gasteiger partial charge in [0.05, 0.1) is 18.9 Å². The predicted molar refractivity (Wildman–Crippen MR) is 109 cm³/mol. The average molecular weight is 487 g/mol. The Bertz CT molecular complexity index is 1200. The van der Waals surface area contributed by atoms with Crippen molar-refractivity contribution in [3.8, 4) is 5.75 Å². The number of hydrogen-bond donors (Lipinski definition) is 6. The lowest BCUT2D eigenvalue weighted by Crippen LogP contribution is -2.37. The van der Waals surface area contributed by atoms with E-state index in [2.05, 4.69) is 15.1 Å². The number of aliphatic hydroxyl groups is 2. The number of pyridine rings is 1. The molecule has 2 fully saturated rings. The van der Waals surface area contributed by atoms with Crippen molar-refractivity contribution in [2.24, 2.45) is 0 Å². The van der Waals surface area contributed by atoms with Crippen LogP contribution in [0.25, 0.3) is 0 Å². The Morgan fingerprint density at radius 3 is 2.91 bits per heavy atom. The molecule has 1 aliphatic carbocycles. The maximum Gasteiger partial charge on any atom is 0.403 e. The molecular formula is C18H23FN5O8P. The van der Waals surface area contributed by atoms with Crippen LogP contribution >= 0.6 is 7.75 Å². The summed E-state index contributed by atoms with van der Waals surface area (Å²) in [5, 5.41) is 32.1. The highest BCUT2D eigenvalue weighted by Crippen LogP contribution is 2.65. The van der Waals surface area contributed by atoms with Crippen LogP contribution in [-0.4, -0.2) is 59.2 Å². The lowest BCUT2D eigenvalue weighted by atomic mass is 10.1. The van der Waals surface area contributed by atoms with Crippen LogP contribution in [0.5, 0.6) is 5.75 Å². The number of nitrogens with zero attached hydrogens (tertiary/aromatic N) is 3. The number of hydrogen-bond acceptors (Lipinski definition) is 10. The minimum Gasteiger partial charge on any atom is -0.506 e. The molecule has 180 valence electrons. The molecule has 0 spiro atoms. The number of rotatable bonds is 8. The fraction of sp³-hybridized carbons (Fsp3) is 0.500. The first kappa shape index (κ1) is 23.7. The van der Waals surface area contributed by atoms with Crippen LogP contribution in [0.2, 0.25) is 0 Å². The number of aryl methyl sites for hydroxylation is 1. The van der Waals surface area contributed by atoms with Crippen LogP contribution in [-0.2, 0) is 32.7 Å². The fourth-order valence-electron chi connectivity index (χ4n) is 3.96. The van der Waals surface area contributed by atoms with E-state index in [-0.39, 0.29) is 41.4 Å². The quantitative estimate of drug-likeness (QED) is 0.252. The van der Waals surface area contributed by atoms with Crippen LogP contribution in [0.15, 0.2) is 23.3 Å². The molecule has 3 heterocycles. The molecule has 0 radical (unpaired) electrons. The van der Waals surface area contributed by atoms with Crippen LogP contribution in [0.3, 0.4) is 0 Å². The number of nitrogens with one attached hydrogen (secondary N) is 1. The van der Waals surface area contributed by atoms with E-state index in [9.17, 15) is 29.6 Å². The molecule has 7 N–H and O–H groups in total. The molecule has 0 amide bonds. The Balaban J connectivity index is 1.43. The smallest absolute Gasteiger partial charge is 0.403 e. The number of aromatic hydroxyl groups is 1. The van der Waals surface area contributed by atoms with Gasteiger partial charge in [0.1, 0.15) is 23.8 Å². The third-order valence-electron chi connectivity index (χ3n) is 5.87. The number of nitrogens with two attached hydrogens (primary N) is 1. The highest BCUT2D eigenvalue weighted by atomic mass is 31.2. The van der Waals surface area contributed by atoms with Gasteiger partial charge < -0.3 is 30.7 Å². The van der Waals surface area contributed by atoms with Crippen LogP contribution in [0.4, 0.5) is 10.2 Å². The summed E-state index contributed by atoms with van der Waals surface area (Å²) in [5.74, 6) is -0.323. The predicted octanol–water partition coefficient (Wildman–Crippen LogP) is -0.842. The van der Waals surface area contributed by atoms with Gasteiger partial charge >= 0.3 is 13.4 Å². The maximum atomic E-state index is 15.3. The Morgan fingerprint density at radius 2 is 2.24 bits per heavy atom. The van der Waals surface area contributed by atoms with Gasteiger partial charge in [-0.3, -0.25) is 14.1 Å². The number of aromatic nitrogens is 3. The maximum absolute atomic E-state index is 15.3. The largest absolute Gasteiger partial charge is 0.506 e. The third-order valence-corrected chi connectivity index (χ3v) is 6.93. The van der Waals surface area contributed by atoms with Crippen LogP contribution < -0.4 is 16.5 Å². The number of alkyl halides is 1. The number of nitrogen functional groups attached to an aromatic ring is 1. The first-order chi connectivity index (χ1) is 15.4. The summed E-state index contributed by atoms with van der Waals surface area (Å²) in [6, 6.07) is 1.27. The molecular weight excluding hydrogens is 464 g/mol. The lowest BCUT2D eigenvalue weighted by Gasteiger charge is -2.22. The van der Waals surface area contributed by atoms with E-state index < -0.39 is 50.3 Å². The van der Waals surface area contributed by atoms with Gasteiger partial charge in [-0.2, -0.15) is 4.98 Å². The molecule has 1 saturated heterocycles. The van der Waals surface area contributed by atoms with Gasteiger partial charge in [-0.1, -0.05) is 0 Å². The molecule has 2 aromatic heterocycles. The van der Waals surface area contributed by atoms with E-state index >= 15 is 4.39 Å². The second kappa shape index (κ2) is 8.09. The second-order valence-corrected chi connectivity index (χ2v) is 9.55. The lowest BCUT2D eigenvalue weighted by molar-refractivity contribution is -0.0862. The molecule has 4 rings (SSSR count). The van der Waals surface area contributed by atoms with Crippen molar-refractivity contribution >= 4 is 13.6 Å². The Morgan fingerprint density at radius 1 is 1.52 bits per heavy atom. The second-order valence-electron chi connectivity index (χ2n) is 7.93. The van der Waals surface area contributed by atoms with E-state index in [1.807, 2.05) is 0 Å². The van der Waals surface area contributed by atoms with Gasteiger partial charge in [0.25, 0.3) is 0 Å². The van der Waals surface area contributed by atoms with Crippen molar-refractivity contribution in [2.45, 2.75) is 50.1 Å². The molecule has 5 atom stereocenters. The molecule has 33 heavy (non-hydrogen) atoms. The van der Waals surface area contributed by atoms with E-state index in [1.54, 1.807) is 0 Å². The summed E-state index contributed by atoms with van der Waals surface area (Å²) in [4.78, 5) is 29.6. The van der Waals surface area contributed by atoms with E-state index in [0.29, 0.717) is 0 Å². The molecule has 2 aromatic rings. The molecule has 1 saturated carbocycles. The van der Waals surface area contributed by atoms with Crippen molar-refractivity contribution in [3.05, 3.63) is 45.8 Å². The summed E-state index contributed by atoms with van der Waals surface area (Å²) >= 11 is 0. The van der Waals surface area contributed by atoms with Gasteiger partial charge in [-0.05, 0) is 13.0 Å². The van der Waals surface area contributed by atoms with E-state index in [1.165, 1.54) is 25.4 Å². The topological polar surface area (TPSA) is 202 Å². The summed E-state index contributed by atoms with van der Waals surface area (Å²) < 4.78 is 39.1. The summed E-state index contributed by atoms with van der Waals surface area (Å²) in [7, 11) is -4.51. The van der Waals surface area contributed by atoms with Gasteiger partial charge in [0.15, 0.2) is 11.4 Å². The zero-order valence-electron chi connectivity index (χ0n) is 17.4. The standard InChI is InChI=1S/C18H23FN5O8P/c1-9-14(26)11(10(6-25)4-21-9)5-22-33(29,30)31-7-12-15(27)17(19)8-18(17,32-12)24-3-2-13(20)23-16(24)28/h2-4,12,15,25-27H,5-8H2,1H3,(H2,20,23,28)(H2,22,29,30). The van der Waals surface area contributed by atoms with E-state index in [0.717, 1.165) is 4.57 Å². The van der Waals surface area contributed by atoms with Gasteiger partial charge in [0, 0.05) is 36.5 Å². The SMILES string of the molecule is Cc1ncc(CO)c(CNP(=O)(O)OCC2OC3(n4ccc(N)nc4=O)CC3(F)C2O)c1O. The minimum absolute atomic E-state index is 0.0664. The van der Waals surface area contributed by atoms with Crippen molar-refractivity contribution < 1.29 is 38.4 Å². The molecule has 0 bridgehead atoms. The van der Waals surface area contributed by atoms with Gasteiger partial charge in [-0.25, -0.2) is 18.8 Å². The number of ether oxygens (including phenoxy) is 1. The first-order valence-electron chi connectivity index (χ1n) is 9.84. The normalized spacial score (nSPS) is 30.1. The summed E-state index contributed by atoms with van der Waals surface area (Å²) in [6.07, 6.45) is -0.904. The summed E-state index contributed by atoms with van der Waals surface area (Å²) in [6.45, 7) is 0.0252. The number of halogens is 1. The van der Waals surface area contributed by atoms with Gasteiger partial charge in [-0.15, -0.1) is 0 Å². The summed E-state index contributed by atoms with van der Waals surface area (Å²) in [5.41, 5.74) is 1.09. The average Bonchev–Trinajstić information content (AvgIpc) is 3.30.